The third-order valence-corrected chi connectivity index (χ3v) is 5.09. The van der Waals surface area contributed by atoms with Crippen LogP contribution in [0.4, 0.5) is 14.9 Å². The number of ketones is 1. The largest absolute Gasteiger partial charge is 0.513 e. The third kappa shape index (κ3) is 6.28. The summed E-state index contributed by atoms with van der Waals surface area (Å²) in [5.74, 6) is -1.49. The Kier molecular flexibility index (Phi) is 7.65. The molecule has 0 saturated carbocycles. The number of nitrogens with one attached hydrogen (secondary N) is 1. The molecule has 32 heavy (non-hydrogen) atoms. The summed E-state index contributed by atoms with van der Waals surface area (Å²) in [4.78, 5) is 36.9. The van der Waals surface area contributed by atoms with Gasteiger partial charge in [0.15, 0.2) is 5.78 Å². The molecule has 0 saturated heterocycles. The third-order valence-electron chi connectivity index (χ3n) is 5.09. The zero-order chi connectivity index (χ0) is 24.3. The number of carbonyl (C=O) groups excluding carboxylic acids is 3. The van der Waals surface area contributed by atoms with Crippen LogP contribution in [0.3, 0.4) is 0 Å². The Morgan fingerprint density at radius 3 is 2.09 bits per heavy atom. The molecule has 0 spiro atoms. The molecule has 1 aromatic rings. The maximum absolute atomic E-state index is 13.9. The molecule has 1 aliphatic carbocycles. The van der Waals surface area contributed by atoms with Gasteiger partial charge in [-0.2, -0.15) is 0 Å². The maximum Gasteiger partial charge on any atom is 0.513 e. The second kappa shape index (κ2) is 9.67. The van der Waals surface area contributed by atoms with E-state index in [9.17, 15) is 18.8 Å². The van der Waals surface area contributed by atoms with Gasteiger partial charge in [-0.05, 0) is 41.4 Å². The van der Waals surface area contributed by atoms with Crippen molar-refractivity contribution in [2.75, 3.05) is 12.4 Å². The van der Waals surface area contributed by atoms with Gasteiger partial charge in [0, 0.05) is 22.9 Å². The molecule has 0 heterocycles. The standard InChI is InChI=1S/C25H32FNO5/c1-24(2,3)16-12-17(25(4,5)6)21(32-23(30)31-7)13-19(16)27-22(29)14-20(28)15-10-8-9-11-18(15)26/h10-13H,8-9,14H2,1-7H3,(H,27,29). The molecular formula is C25H32FNO5. The van der Waals surface area contributed by atoms with Crippen molar-refractivity contribution < 1.29 is 28.2 Å². The molecule has 0 aliphatic heterocycles. The molecule has 2 rings (SSSR count). The van der Waals surface area contributed by atoms with E-state index >= 15 is 0 Å². The van der Waals surface area contributed by atoms with Gasteiger partial charge in [-0.25, -0.2) is 9.18 Å². The summed E-state index contributed by atoms with van der Waals surface area (Å²) in [5.41, 5.74) is 1.21. The maximum atomic E-state index is 13.9. The number of Topliss-reactive ketones (excluding diaryl/α,β-unsaturated/α-hetero) is 1. The van der Waals surface area contributed by atoms with Crippen LogP contribution in [0.25, 0.3) is 0 Å². The van der Waals surface area contributed by atoms with Gasteiger partial charge in [-0.15, -0.1) is 0 Å². The minimum atomic E-state index is -0.877. The average Bonchev–Trinajstić information content (AvgIpc) is 2.66. The predicted molar refractivity (Wildman–Crippen MR) is 122 cm³/mol. The van der Waals surface area contributed by atoms with Crippen LogP contribution in [0, 0.1) is 0 Å². The van der Waals surface area contributed by atoms with E-state index in [0.717, 1.165) is 11.1 Å². The van der Waals surface area contributed by atoms with Crippen LogP contribution < -0.4 is 10.1 Å². The molecule has 0 unspecified atom stereocenters. The van der Waals surface area contributed by atoms with Crippen LogP contribution >= 0.6 is 0 Å². The molecule has 0 atom stereocenters. The zero-order valence-electron chi connectivity index (χ0n) is 19.8. The van der Waals surface area contributed by atoms with Gasteiger partial charge < -0.3 is 14.8 Å². The van der Waals surface area contributed by atoms with Gasteiger partial charge in [-0.1, -0.05) is 47.6 Å². The summed E-state index contributed by atoms with van der Waals surface area (Å²) in [5, 5.41) is 2.75. The smallest absolute Gasteiger partial charge is 0.437 e. The van der Waals surface area contributed by atoms with Crippen molar-refractivity contribution in [3.8, 4) is 5.75 Å². The van der Waals surface area contributed by atoms with Gasteiger partial charge in [-0.3, -0.25) is 9.59 Å². The highest BCUT2D eigenvalue weighted by Crippen LogP contribution is 2.40. The number of benzene rings is 1. The number of allylic oxidation sites excluding steroid dienone is 4. The number of ether oxygens (including phenoxy) is 2. The number of methoxy groups -OCH3 is 1. The summed E-state index contributed by atoms with van der Waals surface area (Å²) >= 11 is 0. The van der Waals surface area contributed by atoms with Crippen LogP contribution in [0.5, 0.6) is 5.75 Å². The number of rotatable bonds is 5. The number of halogens is 1. The quantitative estimate of drug-likeness (QED) is 0.347. The van der Waals surface area contributed by atoms with Gasteiger partial charge in [0.2, 0.25) is 5.91 Å². The van der Waals surface area contributed by atoms with Crippen molar-refractivity contribution in [3.63, 3.8) is 0 Å². The van der Waals surface area contributed by atoms with Crippen LogP contribution in [0.15, 0.2) is 35.7 Å². The number of hydrogen-bond donors (Lipinski definition) is 1. The first-order valence-electron chi connectivity index (χ1n) is 10.6. The van der Waals surface area contributed by atoms with Crippen LogP contribution in [-0.2, 0) is 25.2 Å². The molecule has 7 heteroatoms. The van der Waals surface area contributed by atoms with E-state index in [-0.39, 0.29) is 22.2 Å². The fourth-order valence-corrected chi connectivity index (χ4v) is 3.43. The summed E-state index contributed by atoms with van der Waals surface area (Å²) in [7, 11) is 1.21. The molecule has 1 aliphatic rings. The highest BCUT2D eigenvalue weighted by molar-refractivity contribution is 6.12. The minimum Gasteiger partial charge on any atom is -0.437 e. The zero-order valence-corrected chi connectivity index (χ0v) is 19.8. The lowest BCUT2D eigenvalue weighted by atomic mass is 9.79. The number of amides is 1. The molecule has 0 aromatic heterocycles. The molecule has 6 nitrogen and oxygen atoms in total. The molecule has 1 amide bonds. The fraction of sp³-hybridized carbons (Fsp3) is 0.480. The second-order valence-corrected chi connectivity index (χ2v) is 9.85. The first kappa shape index (κ1) is 25.3. The summed E-state index contributed by atoms with van der Waals surface area (Å²) in [6, 6.07) is 3.46. The average molecular weight is 446 g/mol. The highest BCUT2D eigenvalue weighted by atomic mass is 19.1. The molecule has 0 radical (unpaired) electrons. The van der Waals surface area contributed by atoms with E-state index in [1.807, 2.05) is 47.6 Å². The summed E-state index contributed by atoms with van der Waals surface area (Å²) < 4.78 is 23.9. The van der Waals surface area contributed by atoms with Gasteiger partial charge in [0.05, 0.1) is 13.5 Å². The molecular weight excluding hydrogens is 413 g/mol. The van der Waals surface area contributed by atoms with E-state index in [2.05, 4.69) is 10.1 Å². The minimum absolute atomic E-state index is 0.0553. The van der Waals surface area contributed by atoms with E-state index < -0.39 is 30.1 Å². The van der Waals surface area contributed by atoms with E-state index in [4.69, 9.17) is 4.74 Å². The molecule has 174 valence electrons. The van der Waals surface area contributed by atoms with Crippen molar-refractivity contribution in [1.29, 1.82) is 0 Å². The van der Waals surface area contributed by atoms with E-state index in [0.29, 0.717) is 18.5 Å². The lowest BCUT2D eigenvalue weighted by molar-refractivity contribution is -0.123. The molecule has 1 N–H and O–H groups in total. The van der Waals surface area contributed by atoms with Crippen molar-refractivity contribution in [1.82, 2.24) is 0 Å². The van der Waals surface area contributed by atoms with Gasteiger partial charge in [0.1, 0.15) is 11.6 Å². The summed E-state index contributed by atoms with van der Waals surface area (Å²) in [6.07, 6.45) is 2.60. The fourth-order valence-electron chi connectivity index (χ4n) is 3.43. The van der Waals surface area contributed by atoms with Crippen molar-refractivity contribution in [3.05, 3.63) is 46.8 Å². The van der Waals surface area contributed by atoms with Gasteiger partial charge >= 0.3 is 6.16 Å². The highest BCUT2D eigenvalue weighted by Gasteiger charge is 2.28. The lowest BCUT2D eigenvalue weighted by Gasteiger charge is -2.29. The topological polar surface area (TPSA) is 81.7 Å². The normalized spacial score (nSPS) is 14.2. The lowest BCUT2D eigenvalue weighted by Crippen LogP contribution is -2.24. The number of carbonyl (C=O) groups is 3. The van der Waals surface area contributed by atoms with E-state index in [1.54, 1.807) is 6.07 Å². The first-order chi connectivity index (χ1) is 14.7. The molecule has 0 fully saturated rings. The predicted octanol–water partition coefficient (Wildman–Crippen LogP) is 5.90. The Balaban J connectivity index is 2.42. The van der Waals surface area contributed by atoms with Crippen molar-refractivity contribution in [2.24, 2.45) is 0 Å². The Bertz CT molecular complexity index is 977. The van der Waals surface area contributed by atoms with Crippen LogP contribution in [0.2, 0.25) is 0 Å². The van der Waals surface area contributed by atoms with Crippen molar-refractivity contribution in [2.45, 2.75) is 71.6 Å². The Hall–Kier alpha value is -2.96. The Labute approximate surface area is 188 Å². The van der Waals surface area contributed by atoms with Gasteiger partial charge in [0.25, 0.3) is 0 Å². The SMILES string of the molecule is COC(=O)Oc1cc(NC(=O)CC(=O)C2=CCCC=C2F)c(C(C)(C)C)cc1C(C)(C)C. The first-order valence-corrected chi connectivity index (χ1v) is 10.6. The Morgan fingerprint density at radius 2 is 1.56 bits per heavy atom. The number of hydrogen-bond acceptors (Lipinski definition) is 5. The monoisotopic (exact) mass is 445 g/mol. The van der Waals surface area contributed by atoms with Crippen LogP contribution in [-0.4, -0.2) is 25.0 Å². The molecule has 1 aromatic carbocycles. The summed E-state index contributed by atoms with van der Waals surface area (Å²) in [6.45, 7) is 11.9. The van der Waals surface area contributed by atoms with E-state index in [1.165, 1.54) is 19.3 Å². The number of anilines is 1. The second-order valence-electron chi connectivity index (χ2n) is 9.85. The van der Waals surface area contributed by atoms with Crippen LogP contribution in [0.1, 0.15) is 71.9 Å². The Morgan fingerprint density at radius 1 is 0.969 bits per heavy atom. The van der Waals surface area contributed by atoms with Crippen molar-refractivity contribution >= 4 is 23.5 Å². The molecule has 0 bridgehead atoms.